The number of hydrogen-bond donors (Lipinski definition) is 0. The van der Waals surface area contributed by atoms with Gasteiger partial charge >= 0.3 is 0 Å². The van der Waals surface area contributed by atoms with Gasteiger partial charge in [-0.25, -0.2) is 0 Å². The van der Waals surface area contributed by atoms with Gasteiger partial charge in [-0.1, -0.05) is 152 Å². The summed E-state index contributed by atoms with van der Waals surface area (Å²) in [6.45, 7) is 0. The molecule has 13 rings (SSSR count). The minimum absolute atomic E-state index is 1.01. The molecule has 0 aromatic heterocycles. The number of para-hydroxylation sites is 4. The third-order valence-electron chi connectivity index (χ3n) is 14.2. The van der Waals surface area contributed by atoms with Crippen molar-refractivity contribution < 1.29 is 0 Å². The lowest BCUT2D eigenvalue weighted by molar-refractivity contribution is 0.977. The summed E-state index contributed by atoms with van der Waals surface area (Å²) < 4.78 is 0. The van der Waals surface area contributed by atoms with Gasteiger partial charge in [-0.15, -0.1) is 0 Å². The summed E-state index contributed by atoms with van der Waals surface area (Å²) in [5.74, 6) is 0. The fourth-order valence-electron chi connectivity index (χ4n) is 11.2. The summed E-state index contributed by atoms with van der Waals surface area (Å²) in [5, 5.41) is 7.52. The number of allylic oxidation sites excluding steroid dienone is 1. The molecule has 0 atom stereocenters. The second-order valence-electron chi connectivity index (χ2n) is 17.8. The zero-order valence-corrected chi connectivity index (χ0v) is 35.8. The summed E-state index contributed by atoms with van der Waals surface area (Å²) in [6.07, 6.45) is 10.8. The molecule has 0 bridgehead atoms. The van der Waals surface area contributed by atoms with Crippen molar-refractivity contribution in [3.63, 3.8) is 0 Å². The molecule has 0 saturated carbocycles. The van der Waals surface area contributed by atoms with E-state index in [4.69, 9.17) is 0 Å². The Morgan fingerprint density at radius 1 is 0.312 bits per heavy atom. The van der Waals surface area contributed by atoms with Crippen LogP contribution in [-0.2, 0) is 32.1 Å². The van der Waals surface area contributed by atoms with E-state index in [0.29, 0.717) is 0 Å². The Hall–Kier alpha value is -7.68. The number of benzene rings is 10. The fraction of sp³-hybridized carbons (Fsp3) is 0.0968. The zero-order chi connectivity index (χ0) is 42.1. The predicted molar refractivity (Wildman–Crippen MR) is 271 cm³/mol. The van der Waals surface area contributed by atoms with Crippen LogP contribution < -0.4 is 9.80 Å². The third-order valence-corrected chi connectivity index (χ3v) is 14.2. The average molecular weight is 819 g/mol. The highest BCUT2D eigenvalue weighted by Gasteiger charge is 2.27. The first-order valence-electron chi connectivity index (χ1n) is 23.0. The molecule has 1 aliphatic carbocycles. The molecule has 10 aromatic rings. The molecule has 0 unspecified atom stereocenters. The van der Waals surface area contributed by atoms with Crippen molar-refractivity contribution in [1.29, 1.82) is 0 Å². The molecule has 2 heterocycles. The molecule has 304 valence electrons. The molecule has 0 spiro atoms. The molecular weight excluding hydrogens is 773 g/mol. The van der Waals surface area contributed by atoms with Gasteiger partial charge in [0.25, 0.3) is 0 Å². The molecule has 2 heteroatoms. The van der Waals surface area contributed by atoms with Gasteiger partial charge in [0.05, 0.1) is 0 Å². The van der Waals surface area contributed by atoms with E-state index in [9.17, 15) is 0 Å². The van der Waals surface area contributed by atoms with Crippen LogP contribution in [0.25, 0.3) is 60.6 Å². The van der Waals surface area contributed by atoms with E-state index in [-0.39, 0.29) is 0 Å². The van der Waals surface area contributed by atoms with Crippen molar-refractivity contribution in [2.45, 2.75) is 38.5 Å². The van der Waals surface area contributed by atoms with Crippen molar-refractivity contribution in [2.24, 2.45) is 0 Å². The lowest BCUT2D eigenvalue weighted by Crippen LogP contribution is -2.12. The molecule has 0 radical (unpaired) electrons. The molecule has 0 N–H and O–H groups in total. The molecule has 2 aliphatic heterocycles. The summed E-state index contributed by atoms with van der Waals surface area (Å²) in [4.78, 5) is 5.05. The quantitative estimate of drug-likeness (QED) is 0.163. The van der Waals surface area contributed by atoms with Crippen LogP contribution in [0.1, 0.15) is 39.8 Å². The van der Waals surface area contributed by atoms with Crippen LogP contribution in [0.3, 0.4) is 0 Å². The van der Waals surface area contributed by atoms with E-state index in [1.54, 1.807) is 0 Å². The molecule has 3 aliphatic rings. The van der Waals surface area contributed by atoms with Gasteiger partial charge < -0.3 is 9.80 Å². The fourth-order valence-corrected chi connectivity index (χ4v) is 11.2. The van der Waals surface area contributed by atoms with Gasteiger partial charge in [0, 0.05) is 34.1 Å². The van der Waals surface area contributed by atoms with E-state index >= 15 is 0 Å². The average Bonchev–Trinajstić information content (AvgIpc) is 3.63. The molecule has 0 saturated heterocycles. The largest absolute Gasteiger partial charge is 0.310 e. The van der Waals surface area contributed by atoms with E-state index < -0.39 is 0 Å². The first-order valence-corrected chi connectivity index (χ1v) is 23.0. The number of hydrogen-bond acceptors (Lipinski definition) is 2. The Bertz CT molecular complexity index is 3440. The van der Waals surface area contributed by atoms with Gasteiger partial charge in [-0.05, 0) is 181 Å². The summed E-state index contributed by atoms with van der Waals surface area (Å²) in [5.41, 5.74) is 20.7. The number of fused-ring (bicyclic) bond motifs is 8. The number of nitrogens with zero attached hydrogens (tertiary/aromatic N) is 2. The number of aryl methyl sites for hydroxylation is 5. The second-order valence-corrected chi connectivity index (χ2v) is 17.8. The Balaban J connectivity index is 1.15. The van der Waals surface area contributed by atoms with Crippen LogP contribution in [0.4, 0.5) is 34.1 Å². The van der Waals surface area contributed by atoms with E-state index in [2.05, 4.69) is 216 Å². The highest BCUT2D eigenvalue weighted by molar-refractivity contribution is 6.23. The Morgan fingerprint density at radius 3 is 1.30 bits per heavy atom. The SMILES string of the molecule is C1=Cc2ccc(-c3c4ccc(N5c6ccccc6CCc6ccccc65)cc4c(-c4ccc5ccccc5c4)c4ccc(N5c6ccccc6CCc6ccccc65)cc34)cc2CC1. The maximum Gasteiger partial charge on any atom is 0.0493 e. The number of anilines is 6. The van der Waals surface area contributed by atoms with Crippen LogP contribution >= 0.6 is 0 Å². The van der Waals surface area contributed by atoms with Crippen LogP contribution in [0.15, 0.2) is 200 Å². The molecule has 64 heavy (non-hydrogen) atoms. The van der Waals surface area contributed by atoms with Gasteiger partial charge in [-0.2, -0.15) is 0 Å². The normalized spacial score (nSPS) is 14.1. The minimum Gasteiger partial charge on any atom is -0.310 e. The van der Waals surface area contributed by atoms with Crippen molar-refractivity contribution in [3.05, 3.63) is 234 Å². The first-order chi connectivity index (χ1) is 31.7. The topological polar surface area (TPSA) is 6.48 Å². The Morgan fingerprint density at radius 2 is 0.766 bits per heavy atom. The van der Waals surface area contributed by atoms with Crippen molar-refractivity contribution in [2.75, 3.05) is 9.80 Å². The molecule has 2 nitrogen and oxygen atoms in total. The highest BCUT2D eigenvalue weighted by Crippen LogP contribution is 2.51. The molecule has 0 fully saturated rings. The summed E-state index contributed by atoms with van der Waals surface area (Å²) in [6, 6.07) is 73.7. The van der Waals surface area contributed by atoms with Gasteiger partial charge in [0.2, 0.25) is 0 Å². The van der Waals surface area contributed by atoms with Crippen LogP contribution in [-0.4, -0.2) is 0 Å². The van der Waals surface area contributed by atoms with Gasteiger partial charge in [-0.3, -0.25) is 0 Å². The van der Waals surface area contributed by atoms with Crippen LogP contribution in [0, 0.1) is 0 Å². The van der Waals surface area contributed by atoms with Crippen molar-refractivity contribution in [1.82, 2.24) is 0 Å². The zero-order valence-electron chi connectivity index (χ0n) is 35.8. The second kappa shape index (κ2) is 15.0. The van der Waals surface area contributed by atoms with E-state index in [0.717, 1.165) is 38.5 Å². The predicted octanol–water partition coefficient (Wildman–Crippen LogP) is 16.6. The smallest absolute Gasteiger partial charge is 0.0493 e. The van der Waals surface area contributed by atoms with Crippen LogP contribution in [0.5, 0.6) is 0 Å². The molecular formula is C62H46N2. The summed E-state index contributed by atoms with van der Waals surface area (Å²) in [7, 11) is 0. The Labute approximate surface area is 375 Å². The minimum atomic E-state index is 1.01. The van der Waals surface area contributed by atoms with E-state index in [1.807, 2.05) is 0 Å². The maximum absolute atomic E-state index is 2.52. The van der Waals surface area contributed by atoms with Crippen molar-refractivity contribution in [3.8, 4) is 22.3 Å². The van der Waals surface area contributed by atoms with E-state index in [1.165, 1.54) is 122 Å². The number of rotatable bonds is 4. The van der Waals surface area contributed by atoms with Gasteiger partial charge in [0.1, 0.15) is 0 Å². The first kappa shape index (κ1) is 36.9. The Kier molecular flexibility index (Phi) is 8.65. The highest BCUT2D eigenvalue weighted by atomic mass is 15.2. The van der Waals surface area contributed by atoms with Gasteiger partial charge in [0.15, 0.2) is 0 Å². The third kappa shape index (κ3) is 6.01. The van der Waals surface area contributed by atoms with Crippen molar-refractivity contribution >= 4 is 72.5 Å². The maximum atomic E-state index is 2.52. The molecule has 0 amide bonds. The summed E-state index contributed by atoms with van der Waals surface area (Å²) >= 11 is 0. The molecule has 10 aromatic carbocycles. The van der Waals surface area contributed by atoms with Crippen LogP contribution in [0.2, 0.25) is 0 Å². The lowest BCUT2D eigenvalue weighted by atomic mass is 9.83. The standard InChI is InChI=1S/C62H46N2/c1-3-19-47-37-49(31-25-41(47)13-1)61-53-35-33-52(64-59-23-11-7-17-45(59)29-30-46-18-8-12-24-60(46)64)40-56(53)62(50-32-26-42-14-2-4-20-48(42)38-50)54-36-34-51(39-55(54)61)63-57-21-9-5-15-43(57)27-28-44-16-6-10-22-58(44)63/h1-3,5-19,21-26,31-40H,4,20,27-30H2. The monoisotopic (exact) mass is 818 g/mol. The lowest BCUT2D eigenvalue weighted by Gasteiger charge is -2.29.